The first-order valence-electron chi connectivity index (χ1n) is 6.98. The molecule has 1 aromatic carbocycles. The minimum atomic E-state index is -0.681. The molecule has 2 aromatic rings. The SMILES string of the molecule is Cc1nc2cc(NC3CCCC(C(=O)O)C3)ccc2o1. The summed E-state index contributed by atoms with van der Waals surface area (Å²) < 4.78 is 5.44. The Kier molecular flexibility index (Phi) is 3.34. The van der Waals surface area contributed by atoms with Crippen LogP contribution in [0.15, 0.2) is 22.6 Å². The number of oxazole rings is 1. The molecule has 3 rings (SSSR count). The molecule has 1 aliphatic carbocycles. The van der Waals surface area contributed by atoms with Crippen LogP contribution in [0.4, 0.5) is 5.69 Å². The minimum Gasteiger partial charge on any atom is -0.481 e. The standard InChI is InChI=1S/C15H18N2O3/c1-9-16-13-8-12(5-6-14(13)20-9)17-11-4-2-3-10(7-11)15(18)19/h5-6,8,10-11,17H,2-4,7H2,1H3,(H,18,19). The smallest absolute Gasteiger partial charge is 0.306 e. The number of rotatable bonds is 3. The van der Waals surface area contributed by atoms with Crippen molar-refractivity contribution >= 4 is 22.8 Å². The number of carboxylic acid groups (broad SMARTS) is 1. The maximum absolute atomic E-state index is 11.1. The van der Waals surface area contributed by atoms with Crippen molar-refractivity contribution in [3.63, 3.8) is 0 Å². The van der Waals surface area contributed by atoms with E-state index in [9.17, 15) is 4.79 Å². The Bertz CT molecular complexity index is 635. The molecule has 1 saturated carbocycles. The molecule has 0 spiro atoms. The van der Waals surface area contributed by atoms with Crippen molar-refractivity contribution < 1.29 is 14.3 Å². The molecule has 5 nitrogen and oxygen atoms in total. The fourth-order valence-electron chi connectivity index (χ4n) is 2.91. The lowest BCUT2D eigenvalue weighted by Crippen LogP contribution is -2.30. The summed E-state index contributed by atoms with van der Waals surface area (Å²) in [5.41, 5.74) is 2.58. The van der Waals surface area contributed by atoms with E-state index in [4.69, 9.17) is 9.52 Å². The number of nitrogens with one attached hydrogen (secondary N) is 1. The molecule has 0 radical (unpaired) electrons. The van der Waals surface area contributed by atoms with Crippen LogP contribution >= 0.6 is 0 Å². The van der Waals surface area contributed by atoms with Crippen molar-refractivity contribution in [3.05, 3.63) is 24.1 Å². The van der Waals surface area contributed by atoms with Crippen molar-refractivity contribution in [3.8, 4) is 0 Å². The number of hydrogen-bond donors (Lipinski definition) is 2. The lowest BCUT2D eigenvalue weighted by atomic mass is 9.85. The molecule has 106 valence electrons. The normalized spacial score (nSPS) is 22.9. The number of anilines is 1. The third kappa shape index (κ3) is 2.61. The Morgan fingerprint density at radius 1 is 1.45 bits per heavy atom. The van der Waals surface area contributed by atoms with Gasteiger partial charge in [0.05, 0.1) is 5.92 Å². The van der Waals surface area contributed by atoms with Gasteiger partial charge in [-0.1, -0.05) is 6.42 Å². The predicted octanol–water partition coefficient (Wildman–Crippen LogP) is 3.19. The summed E-state index contributed by atoms with van der Waals surface area (Å²) in [7, 11) is 0. The average Bonchev–Trinajstić information content (AvgIpc) is 2.78. The zero-order valence-electron chi connectivity index (χ0n) is 11.4. The zero-order valence-corrected chi connectivity index (χ0v) is 11.4. The van der Waals surface area contributed by atoms with Gasteiger partial charge in [-0.15, -0.1) is 0 Å². The molecular formula is C15H18N2O3. The molecular weight excluding hydrogens is 256 g/mol. The highest BCUT2D eigenvalue weighted by atomic mass is 16.4. The number of fused-ring (bicyclic) bond motifs is 1. The maximum atomic E-state index is 11.1. The number of aliphatic carboxylic acids is 1. The number of benzene rings is 1. The van der Waals surface area contributed by atoms with E-state index in [1.54, 1.807) is 0 Å². The first kappa shape index (κ1) is 13.0. The van der Waals surface area contributed by atoms with Gasteiger partial charge in [0.15, 0.2) is 11.5 Å². The third-order valence-electron chi connectivity index (χ3n) is 3.89. The molecule has 20 heavy (non-hydrogen) atoms. The van der Waals surface area contributed by atoms with Crippen molar-refractivity contribution in [1.82, 2.24) is 4.98 Å². The van der Waals surface area contributed by atoms with Gasteiger partial charge in [0.1, 0.15) is 5.52 Å². The summed E-state index contributed by atoms with van der Waals surface area (Å²) in [4.78, 5) is 15.4. The van der Waals surface area contributed by atoms with Crippen LogP contribution < -0.4 is 5.32 Å². The molecule has 5 heteroatoms. The molecule has 1 aliphatic rings. The van der Waals surface area contributed by atoms with Crippen LogP contribution in [0.2, 0.25) is 0 Å². The van der Waals surface area contributed by atoms with Crippen molar-refractivity contribution in [2.75, 3.05) is 5.32 Å². The van der Waals surface area contributed by atoms with Gasteiger partial charge in [0, 0.05) is 18.7 Å². The van der Waals surface area contributed by atoms with Crippen LogP contribution in [0.5, 0.6) is 0 Å². The number of hydrogen-bond acceptors (Lipinski definition) is 4. The van der Waals surface area contributed by atoms with Gasteiger partial charge in [0.25, 0.3) is 0 Å². The van der Waals surface area contributed by atoms with Gasteiger partial charge in [0.2, 0.25) is 0 Å². The molecule has 0 amide bonds. The molecule has 2 atom stereocenters. The Labute approximate surface area is 117 Å². The molecule has 1 aromatic heterocycles. The number of aryl methyl sites for hydroxylation is 1. The fourth-order valence-corrected chi connectivity index (χ4v) is 2.91. The van der Waals surface area contributed by atoms with Gasteiger partial charge in [-0.3, -0.25) is 4.79 Å². The average molecular weight is 274 g/mol. The Hall–Kier alpha value is -2.04. The topological polar surface area (TPSA) is 75.4 Å². The van der Waals surface area contributed by atoms with Gasteiger partial charge < -0.3 is 14.8 Å². The summed E-state index contributed by atoms with van der Waals surface area (Å²) in [6, 6.07) is 6.03. The van der Waals surface area contributed by atoms with Gasteiger partial charge in [-0.05, 0) is 37.5 Å². The van der Waals surface area contributed by atoms with Crippen molar-refractivity contribution in [2.24, 2.45) is 5.92 Å². The van der Waals surface area contributed by atoms with Crippen LogP contribution in [-0.4, -0.2) is 22.1 Å². The maximum Gasteiger partial charge on any atom is 0.306 e. The van der Waals surface area contributed by atoms with Crippen LogP contribution in [-0.2, 0) is 4.79 Å². The second-order valence-electron chi connectivity index (χ2n) is 5.46. The highest BCUT2D eigenvalue weighted by Crippen LogP contribution is 2.28. The first-order valence-corrected chi connectivity index (χ1v) is 6.98. The lowest BCUT2D eigenvalue weighted by molar-refractivity contribution is -0.142. The largest absolute Gasteiger partial charge is 0.481 e. The molecule has 2 N–H and O–H groups in total. The highest BCUT2D eigenvalue weighted by Gasteiger charge is 2.26. The molecule has 0 aliphatic heterocycles. The summed E-state index contributed by atoms with van der Waals surface area (Å²) in [5, 5.41) is 12.5. The first-order chi connectivity index (χ1) is 9.61. The van der Waals surface area contributed by atoms with Gasteiger partial charge >= 0.3 is 5.97 Å². The van der Waals surface area contributed by atoms with E-state index < -0.39 is 5.97 Å². The molecule has 0 saturated heterocycles. The number of nitrogens with zero attached hydrogens (tertiary/aromatic N) is 1. The summed E-state index contributed by atoms with van der Waals surface area (Å²) in [6.45, 7) is 1.83. The molecule has 1 fully saturated rings. The van der Waals surface area contributed by atoms with E-state index in [1.165, 1.54) is 0 Å². The highest BCUT2D eigenvalue weighted by molar-refractivity contribution is 5.77. The number of aromatic nitrogens is 1. The molecule has 2 unspecified atom stereocenters. The molecule has 1 heterocycles. The van der Waals surface area contributed by atoms with E-state index in [1.807, 2.05) is 25.1 Å². The van der Waals surface area contributed by atoms with Crippen LogP contribution in [0, 0.1) is 12.8 Å². The monoisotopic (exact) mass is 274 g/mol. The van der Waals surface area contributed by atoms with Crippen LogP contribution in [0.3, 0.4) is 0 Å². The third-order valence-corrected chi connectivity index (χ3v) is 3.89. The quantitative estimate of drug-likeness (QED) is 0.899. The van der Waals surface area contributed by atoms with E-state index in [0.717, 1.165) is 36.0 Å². The second kappa shape index (κ2) is 5.15. The Morgan fingerprint density at radius 2 is 2.30 bits per heavy atom. The van der Waals surface area contributed by atoms with E-state index in [0.29, 0.717) is 12.3 Å². The minimum absolute atomic E-state index is 0.218. The van der Waals surface area contributed by atoms with Crippen LogP contribution in [0.25, 0.3) is 11.1 Å². The van der Waals surface area contributed by atoms with E-state index >= 15 is 0 Å². The summed E-state index contributed by atoms with van der Waals surface area (Å²) >= 11 is 0. The number of carbonyl (C=O) groups is 1. The Balaban J connectivity index is 1.73. The van der Waals surface area contributed by atoms with Crippen molar-refractivity contribution in [2.45, 2.75) is 38.6 Å². The molecule has 0 bridgehead atoms. The van der Waals surface area contributed by atoms with Crippen molar-refractivity contribution in [1.29, 1.82) is 0 Å². The predicted molar refractivity (Wildman–Crippen MR) is 75.8 cm³/mol. The van der Waals surface area contributed by atoms with E-state index in [-0.39, 0.29) is 12.0 Å². The Morgan fingerprint density at radius 3 is 3.10 bits per heavy atom. The summed E-state index contributed by atoms with van der Waals surface area (Å²) in [5.74, 6) is -0.251. The second-order valence-corrected chi connectivity index (χ2v) is 5.46. The van der Waals surface area contributed by atoms with E-state index in [2.05, 4.69) is 10.3 Å². The lowest BCUT2D eigenvalue weighted by Gasteiger charge is -2.28. The van der Waals surface area contributed by atoms with Gasteiger partial charge in [-0.25, -0.2) is 4.98 Å². The number of carboxylic acids is 1. The summed E-state index contributed by atoms with van der Waals surface area (Å²) in [6.07, 6.45) is 3.44. The van der Waals surface area contributed by atoms with Crippen LogP contribution in [0.1, 0.15) is 31.6 Å². The van der Waals surface area contributed by atoms with Gasteiger partial charge in [-0.2, -0.15) is 0 Å². The zero-order chi connectivity index (χ0) is 14.1. The fraction of sp³-hybridized carbons (Fsp3) is 0.467.